The van der Waals surface area contributed by atoms with Crippen LogP contribution in [0.4, 0.5) is 11.4 Å². The van der Waals surface area contributed by atoms with E-state index in [9.17, 15) is 4.79 Å². The van der Waals surface area contributed by atoms with Gasteiger partial charge in [0.2, 0.25) is 5.91 Å². The van der Waals surface area contributed by atoms with Gasteiger partial charge in [-0.3, -0.25) is 4.79 Å². The van der Waals surface area contributed by atoms with Gasteiger partial charge in [-0.15, -0.1) is 0 Å². The Bertz CT molecular complexity index is 956. The molecule has 0 saturated heterocycles. The zero-order chi connectivity index (χ0) is 22.6. The van der Waals surface area contributed by atoms with Crippen molar-refractivity contribution in [2.24, 2.45) is 5.92 Å². The van der Waals surface area contributed by atoms with Gasteiger partial charge < -0.3 is 20.1 Å². The van der Waals surface area contributed by atoms with E-state index in [-0.39, 0.29) is 12.5 Å². The summed E-state index contributed by atoms with van der Waals surface area (Å²) < 4.78 is 11.5. The highest BCUT2D eigenvalue weighted by atomic mass is 16.5. The fraction of sp³-hybridized carbons (Fsp3) is 0.296. The highest BCUT2D eigenvalue weighted by Gasteiger charge is 2.05. The molecule has 1 amide bonds. The predicted octanol–water partition coefficient (Wildman–Crippen LogP) is 5.78. The maximum Gasteiger partial charge on any atom is 0.243 e. The maximum atomic E-state index is 12.3. The fourth-order valence-electron chi connectivity index (χ4n) is 3.09. The Morgan fingerprint density at radius 3 is 2.38 bits per heavy atom. The van der Waals surface area contributed by atoms with E-state index in [2.05, 4.69) is 48.7 Å². The molecule has 32 heavy (non-hydrogen) atoms. The lowest BCUT2D eigenvalue weighted by molar-refractivity contribution is -0.114. The number of benzene rings is 3. The number of amides is 1. The van der Waals surface area contributed by atoms with Gasteiger partial charge in [0, 0.05) is 17.4 Å². The van der Waals surface area contributed by atoms with Gasteiger partial charge in [-0.25, -0.2) is 0 Å². The van der Waals surface area contributed by atoms with Gasteiger partial charge >= 0.3 is 0 Å². The standard InChI is InChI=1S/C27H32N2O3/c1-21(2)20-32-25-15-13-23(14-16-25)28-19-27(30)29-24-11-6-12-26(18-24)31-17-7-10-22-8-4-3-5-9-22/h3-6,8-9,11-16,18,21,28H,7,10,17,19-20H2,1-2H3,(H,29,30). The molecule has 0 atom stereocenters. The van der Waals surface area contributed by atoms with Crippen molar-refractivity contribution in [1.29, 1.82) is 0 Å². The summed E-state index contributed by atoms with van der Waals surface area (Å²) in [5.41, 5.74) is 2.89. The van der Waals surface area contributed by atoms with Crippen LogP contribution in [0.15, 0.2) is 78.9 Å². The summed E-state index contributed by atoms with van der Waals surface area (Å²) in [5.74, 6) is 1.94. The Hall–Kier alpha value is -3.47. The van der Waals surface area contributed by atoms with Crippen LogP contribution in [-0.2, 0) is 11.2 Å². The third-order valence-electron chi connectivity index (χ3n) is 4.73. The zero-order valence-corrected chi connectivity index (χ0v) is 18.8. The van der Waals surface area contributed by atoms with Crippen LogP contribution in [0.1, 0.15) is 25.8 Å². The number of nitrogens with one attached hydrogen (secondary N) is 2. The van der Waals surface area contributed by atoms with E-state index in [0.717, 1.165) is 35.7 Å². The molecule has 0 saturated carbocycles. The Balaban J connectivity index is 1.39. The Kier molecular flexibility index (Phi) is 8.99. The molecule has 3 rings (SSSR count). The fourth-order valence-corrected chi connectivity index (χ4v) is 3.09. The smallest absolute Gasteiger partial charge is 0.243 e. The normalized spacial score (nSPS) is 10.6. The molecule has 3 aromatic carbocycles. The van der Waals surface area contributed by atoms with Crippen molar-refractivity contribution in [2.75, 3.05) is 30.4 Å². The van der Waals surface area contributed by atoms with Crippen molar-refractivity contribution in [3.8, 4) is 11.5 Å². The predicted molar refractivity (Wildman–Crippen MR) is 131 cm³/mol. The summed E-state index contributed by atoms with van der Waals surface area (Å²) >= 11 is 0. The van der Waals surface area contributed by atoms with E-state index >= 15 is 0 Å². The molecule has 0 radical (unpaired) electrons. The second kappa shape index (κ2) is 12.4. The number of carbonyl (C=O) groups is 1. The molecule has 2 N–H and O–H groups in total. The van der Waals surface area contributed by atoms with Crippen LogP contribution in [0.5, 0.6) is 11.5 Å². The number of aryl methyl sites for hydroxylation is 1. The average molecular weight is 433 g/mol. The molecular formula is C27H32N2O3. The molecule has 0 fully saturated rings. The molecule has 0 aliphatic heterocycles. The molecule has 0 aromatic heterocycles. The lowest BCUT2D eigenvalue weighted by Crippen LogP contribution is -2.21. The van der Waals surface area contributed by atoms with Gasteiger partial charge in [0.1, 0.15) is 11.5 Å². The number of anilines is 2. The van der Waals surface area contributed by atoms with Crippen LogP contribution in [-0.4, -0.2) is 25.7 Å². The molecule has 0 aliphatic carbocycles. The average Bonchev–Trinajstić information content (AvgIpc) is 2.81. The topological polar surface area (TPSA) is 59.6 Å². The third-order valence-corrected chi connectivity index (χ3v) is 4.73. The van der Waals surface area contributed by atoms with Crippen LogP contribution >= 0.6 is 0 Å². The van der Waals surface area contributed by atoms with Crippen molar-refractivity contribution in [2.45, 2.75) is 26.7 Å². The summed E-state index contributed by atoms with van der Waals surface area (Å²) in [6, 6.07) is 25.5. The first-order chi connectivity index (χ1) is 15.6. The Labute approximate surface area is 190 Å². The lowest BCUT2D eigenvalue weighted by atomic mass is 10.1. The van der Waals surface area contributed by atoms with Crippen molar-refractivity contribution in [3.63, 3.8) is 0 Å². The number of ether oxygens (including phenoxy) is 2. The van der Waals surface area contributed by atoms with Gasteiger partial charge in [-0.2, -0.15) is 0 Å². The van der Waals surface area contributed by atoms with Crippen LogP contribution in [0.2, 0.25) is 0 Å². The monoisotopic (exact) mass is 432 g/mol. The lowest BCUT2D eigenvalue weighted by Gasteiger charge is -2.11. The number of rotatable bonds is 12. The van der Waals surface area contributed by atoms with Crippen molar-refractivity contribution < 1.29 is 14.3 Å². The van der Waals surface area contributed by atoms with Crippen molar-refractivity contribution in [1.82, 2.24) is 0 Å². The summed E-state index contributed by atoms with van der Waals surface area (Å²) in [4.78, 5) is 12.3. The molecule has 5 nitrogen and oxygen atoms in total. The number of hydrogen-bond acceptors (Lipinski definition) is 4. The first-order valence-electron chi connectivity index (χ1n) is 11.1. The molecule has 0 unspecified atom stereocenters. The molecule has 3 aromatic rings. The molecule has 0 heterocycles. The van der Waals surface area contributed by atoms with Crippen LogP contribution < -0.4 is 20.1 Å². The quantitative estimate of drug-likeness (QED) is 0.356. The van der Waals surface area contributed by atoms with E-state index in [1.165, 1.54) is 5.56 Å². The van der Waals surface area contributed by atoms with Crippen LogP contribution in [0.25, 0.3) is 0 Å². The second-order valence-electron chi connectivity index (χ2n) is 8.10. The molecule has 0 bridgehead atoms. The van der Waals surface area contributed by atoms with Gasteiger partial charge in [0.15, 0.2) is 0 Å². The SMILES string of the molecule is CC(C)COc1ccc(NCC(=O)Nc2cccc(OCCCc3ccccc3)c2)cc1. The zero-order valence-electron chi connectivity index (χ0n) is 18.8. The van der Waals surface area contributed by atoms with Crippen molar-refractivity contribution in [3.05, 3.63) is 84.4 Å². The summed E-state index contributed by atoms with van der Waals surface area (Å²) in [6.07, 6.45) is 1.92. The second-order valence-corrected chi connectivity index (χ2v) is 8.10. The first-order valence-corrected chi connectivity index (χ1v) is 11.1. The largest absolute Gasteiger partial charge is 0.494 e. The highest BCUT2D eigenvalue weighted by molar-refractivity contribution is 5.93. The Morgan fingerprint density at radius 2 is 1.62 bits per heavy atom. The first kappa shape index (κ1) is 23.2. The molecular weight excluding hydrogens is 400 g/mol. The molecule has 0 spiro atoms. The Morgan fingerprint density at radius 1 is 0.844 bits per heavy atom. The van der Waals surface area contributed by atoms with Gasteiger partial charge in [-0.1, -0.05) is 50.2 Å². The minimum absolute atomic E-state index is 0.119. The molecule has 168 valence electrons. The van der Waals surface area contributed by atoms with Gasteiger partial charge in [-0.05, 0) is 60.7 Å². The minimum atomic E-state index is -0.119. The van der Waals surface area contributed by atoms with Gasteiger partial charge in [0.25, 0.3) is 0 Å². The van der Waals surface area contributed by atoms with Crippen LogP contribution in [0.3, 0.4) is 0 Å². The number of carbonyl (C=O) groups excluding carboxylic acids is 1. The summed E-state index contributed by atoms with van der Waals surface area (Å²) in [5, 5.41) is 6.04. The summed E-state index contributed by atoms with van der Waals surface area (Å²) in [7, 11) is 0. The minimum Gasteiger partial charge on any atom is -0.494 e. The maximum absolute atomic E-state index is 12.3. The van der Waals surface area contributed by atoms with E-state index in [0.29, 0.717) is 19.1 Å². The van der Waals surface area contributed by atoms with E-state index in [1.54, 1.807) is 0 Å². The van der Waals surface area contributed by atoms with Crippen LogP contribution in [0, 0.1) is 5.92 Å². The third kappa shape index (κ3) is 8.34. The highest BCUT2D eigenvalue weighted by Crippen LogP contribution is 2.19. The molecule has 0 aliphatic rings. The molecule has 5 heteroatoms. The van der Waals surface area contributed by atoms with Crippen molar-refractivity contribution >= 4 is 17.3 Å². The number of hydrogen-bond donors (Lipinski definition) is 2. The van der Waals surface area contributed by atoms with E-state index in [4.69, 9.17) is 9.47 Å². The van der Waals surface area contributed by atoms with E-state index in [1.807, 2.05) is 54.6 Å². The summed E-state index contributed by atoms with van der Waals surface area (Å²) in [6.45, 7) is 5.72. The van der Waals surface area contributed by atoms with Gasteiger partial charge in [0.05, 0.1) is 19.8 Å². The van der Waals surface area contributed by atoms with E-state index < -0.39 is 0 Å².